The summed E-state index contributed by atoms with van der Waals surface area (Å²) in [6.07, 6.45) is -0.0463. The Labute approximate surface area is 94.4 Å². The highest BCUT2D eigenvalue weighted by molar-refractivity contribution is 5.65. The second-order valence-electron chi connectivity index (χ2n) is 5.28. The van der Waals surface area contributed by atoms with Crippen molar-refractivity contribution in [3.05, 3.63) is 10.1 Å². The van der Waals surface area contributed by atoms with Gasteiger partial charge in [0.1, 0.15) is 6.04 Å². The molecule has 1 N–H and O–H groups in total. The van der Waals surface area contributed by atoms with Crippen LogP contribution in [0.4, 0.5) is 4.79 Å². The number of hydrogen-bond acceptors (Lipinski definition) is 3. The molecule has 2 atom stereocenters. The van der Waals surface area contributed by atoms with Crippen LogP contribution in [0.25, 0.3) is 0 Å². The highest BCUT2D eigenvalue weighted by Gasteiger charge is 2.47. The van der Waals surface area contributed by atoms with Crippen LogP contribution in [0.15, 0.2) is 0 Å². The summed E-state index contributed by atoms with van der Waals surface area (Å²) in [5.41, 5.74) is -0.420. The van der Waals surface area contributed by atoms with Crippen LogP contribution >= 0.6 is 0 Å². The van der Waals surface area contributed by atoms with E-state index < -0.39 is 23.6 Å². The zero-order valence-electron chi connectivity index (χ0n) is 9.84. The van der Waals surface area contributed by atoms with Gasteiger partial charge in [-0.25, -0.2) is 4.79 Å². The van der Waals surface area contributed by atoms with Crippen molar-refractivity contribution in [2.75, 3.05) is 6.54 Å². The molecule has 0 aromatic rings. The van der Waals surface area contributed by atoms with Crippen LogP contribution in [0.1, 0.15) is 33.6 Å². The summed E-state index contributed by atoms with van der Waals surface area (Å²) < 4.78 is 0. The molecular formula is C10H18N2O4. The van der Waals surface area contributed by atoms with Crippen molar-refractivity contribution < 1.29 is 14.8 Å². The highest BCUT2D eigenvalue weighted by atomic mass is 16.6. The van der Waals surface area contributed by atoms with Gasteiger partial charge in [0, 0.05) is 17.9 Å². The number of likely N-dealkylation sites (tertiary alicyclic amines) is 1. The van der Waals surface area contributed by atoms with Gasteiger partial charge in [0.25, 0.3) is 0 Å². The predicted octanol–water partition coefficient (Wildman–Crippen LogP) is 1.82. The first kappa shape index (κ1) is 12.7. The van der Waals surface area contributed by atoms with Crippen molar-refractivity contribution in [3.63, 3.8) is 0 Å². The van der Waals surface area contributed by atoms with Gasteiger partial charge in [-0.2, -0.15) is 0 Å². The van der Waals surface area contributed by atoms with Gasteiger partial charge >= 0.3 is 6.09 Å². The maximum absolute atomic E-state index is 11.1. The molecular weight excluding hydrogens is 212 g/mol. The summed E-state index contributed by atoms with van der Waals surface area (Å²) in [7, 11) is 0. The number of amides is 1. The van der Waals surface area contributed by atoms with E-state index in [1.54, 1.807) is 0 Å². The number of hydrogen-bond donors (Lipinski definition) is 1. The molecule has 0 aromatic carbocycles. The Morgan fingerprint density at radius 3 is 2.44 bits per heavy atom. The Balaban J connectivity index is 3.03. The van der Waals surface area contributed by atoms with E-state index in [0.717, 1.165) is 0 Å². The minimum absolute atomic E-state index is 0.342. The molecule has 1 fully saturated rings. The van der Waals surface area contributed by atoms with Crippen LogP contribution in [0, 0.1) is 15.5 Å². The minimum atomic E-state index is -1.06. The molecule has 6 heteroatoms. The van der Waals surface area contributed by atoms with Gasteiger partial charge in [-0.1, -0.05) is 20.8 Å². The van der Waals surface area contributed by atoms with Crippen LogP contribution in [0.3, 0.4) is 0 Å². The third kappa shape index (κ3) is 2.43. The predicted molar refractivity (Wildman–Crippen MR) is 58.0 cm³/mol. The molecule has 2 unspecified atom stereocenters. The normalized spacial score (nSPS) is 26.6. The summed E-state index contributed by atoms with van der Waals surface area (Å²) in [6, 6.07) is -1.33. The minimum Gasteiger partial charge on any atom is -0.465 e. The topological polar surface area (TPSA) is 83.7 Å². The van der Waals surface area contributed by atoms with Gasteiger partial charge in [-0.05, 0) is 11.8 Å². The number of nitrogens with zero attached hydrogens (tertiary/aromatic N) is 2. The molecule has 92 valence electrons. The Hall–Kier alpha value is -1.33. The van der Waals surface area contributed by atoms with E-state index in [9.17, 15) is 14.9 Å². The molecule has 1 rings (SSSR count). The number of carboxylic acid groups (broad SMARTS) is 1. The van der Waals surface area contributed by atoms with Crippen LogP contribution in [0.5, 0.6) is 0 Å². The lowest BCUT2D eigenvalue weighted by atomic mass is 9.78. The molecule has 1 saturated heterocycles. The third-order valence-electron chi connectivity index (χ3n) is 3.00. The number of piperidine rings is 1. The Bertz CT molecular complexity index is 276. The van der Waals surface area contributed by atoms with E-state index in [4.69, 9.17) is 5.11 Å². The second kappa shape index (κ2) is 4.27. The van der Waals surface area contributed by atoms with E-state index in [0.29, 0.717) is 19.4 Å². The van der Waals surface area contributed by atoms with Crippen molar-refractivity contribution in [1.29, 1.82) is 0 Å². The van der Waals surface area contributed by atoms with E-state index in [2.05, 4.69) is 0 Å². The average molecular weight is 230 g/mol. The largest absolute Gasteiger partial charge is 0.465 e. The van der Waals surface area contributed by atoms with Crippen LogP contribution < -0.4 is 0 Å². The van der Waals surface area contributed by atoms with Crippen molar-refractivity contribution in [2.24, 2.45) is 5.41 Å². The summed E-state index contributed by atoms with van der Waals surface area (Å²) in [4.78, 5) is 22.9. The molecule has 1 amide bonds. The van der Waals surface area contributed by atoms with Gasteiger partial charge in [0.2, 0.25) is 6.04 Å². The lowest BCUT2D eigenvalue weighted by Crippen LogP contribution is -2.58. The van der Waals surface area contributed by atoms with E-state index in [1.807, 2.05) is 20.8 Å². The first-order valence-corrected chi connectivity index (χ1v) is 5.38. The molecule has 0 saturated carbocycles. The highest BCUT2D eigenvalue weighted by Crippen LogP contribution is 2.33. The standard InChI is InChI=1S/C10H18N2O4/c1-10(2,3)8-7(12(15)16)5-4-6-11(8)9(13)14/h7-8H,4-6H2,1-3H3,(H,13,14). The van der Waals surface area contributed by atoms with Crippen molar-refractivity contribution >= 4 is 6.09 Å². The number of rotatable bonds is 1. The second-order valence-corrected chi connectivity index (χ2v) is 5.28. The maximum Gasteiger partial charge on any atom is 0.407 e. The number of nitro groups is 1. The lowest BCUT2D eigenvalue weighted by Gasteiger charge is -2.42. The van der Waals surface area contributed by atoms with Crippen LogP contribution in [-0.2, 0) is 0 Å². The van der Waals surface area contributed by atoms with Crippen LogP contribution in [0.2, 0.25) is 0 Å². The summed E-state index contributed by atoms with van der Waals surface area (Å²) in [6.45, 7) is 5.92. The van der Waals surface area contributed by atoms with Gasteiger partial charge in [-0.15, -0.1) is 0 Å². The molecule has 0 bridgehead atoms. The van der Waals surface area contributed by atoms with Gasteiger partial charge in [-0.3, -0.25) is 15.0 Å². The van der Waals surface area contributed by atoms with E-state index in [-0.39, 0.29) is 4.92 Å². The molecule has 1 aliphatic heterocycles. The third-order valence-corrected chi connectivity index (χ3v) is 3.00. The van der Waals surface area contributed by atoms with Crippen LogP contribution in [-0.4, -0.2) is 39.7 Å². The molecule has 6 nitrogen and oxygen atoms in total. The Morgan fingerprint density at radius 2 is 2.06 bits per heavy atom. The van der Waals surface area contributed by atoms with E-state index >= 15 is 0 Å². The van der Waals surface area contributed by atoms with Gasteiger partial charge in [0.05, 0.1) is 0 Å². The maximum atomic E-state index is 11.1. The van der Waals surface area contributed by atoms with Crippen molar-refractivity contribution in [3.8, 4) is 0 Å². The zero-order chi connectivity index (χ0) is 12.5. The van der Waals surface area contributed by atoms with Crippen molar-refractivity contribution in [2.45, 2.75) is 45.7 Å². The summed E-state index contributed by atoms with van der Waals surface area (Å²) in [5, 5.41) is 20.0. The first-order chi connectivity index (χ1) is 7.25. The molecule has 0 aliphatic carbocycles. The lowest BCUT2D eigenvalue weighted by molar-refractivity contribution is -0.536. The Kier molecular flexibility index (Phi) is 3.40. The Morgan fingerprint density at radius 1 is 1.50 bits per heavy atom. The molecule has 1 heterocycles. The molecule has 0 aromatic heterocycles. The fourth-order valence-electron chi connectivity index (χ4n) is 2.46. The molecule has 0 radical (unpaired) electrons. The monoisotopic (exact) mass is 230 g/mol. The zero-order valence-corrected chi connectivity index (χ0v) is 9.84. The summed E-state index contributed by atoms with van der Waals surface area (Å²) in [5.74, 6) is 0. The SMILES string of the molecule is CC(C)(C)C1C([N+](=O)[O-])CCCN1C(=O)O. The fourth-order valence-corrected chi connectivity index (χ4v) is 2.46. The van der Waals surface area contributed by atoms with E-state index in [1.165, 1.54) is 4.90 Å². The quantitative estimate of drug-likeness (QED) is 0.550. The van der Waals surface area contributed by atoms with Gasteiger partial charge < -0.3 is 5.11 Å². The number of carbonyl (C=O) groups is 1. The average Bonchev–Trinajstić information content (AvgIpc) is 2.15. The molecule has 0 spiro atoms. The molecule has 16 heavy (non-hydrogen) atoms. The first-order valence-electron chi connectivity index (χ1n) is 5.38. The summed E-state index contributed by atoms with van der Waals surface area (Å²) >= 11 is 0. The van der Waals surface area contributed by atoms with Gasteiger partial charge in [0.15, 0.2) is 0 Å². The van der Waals surface area contributed by atoms with Crippen molar-refractivity contribution in [1.82, 2.24) is 4.90 Å². The molecule has 1 aliphatic rings. The smallest absolute Gasteiger partial charge is 0.407 e. The fraction of sp³-hybridized carbons (Fsp3) is 0.900.